The van der Waals surface area contributed by atoms with Crippen LogP contribution in [0.3, 0.4) is 0 Å². The Hall–Kier alpha value is -7.28. The molecule has 6 saturated heterocycles. The summed E-state index contributed by atoms with van der Waals surface area (Å²) in [5.74, 6) is 0.260. The normalized spacial score (nSPS) is 27.1. The van der Waals surface area contributed by atoms with Crippen LogP contribution in [0, 0.1) is 58.2 Å². The van der Waals surface area contributed by atoms with E-state index in [1.54, 1.807) is 7.05 Å². The molecule has 4 aromatic rings. The molecule has 14 rings (SSSR count). The molecule has 0 bridgehead atoms. The average Bonchev–Trinajstić information content (AvgIpc) is 1.58. The van der Waals surface area contributed by atoms with Crippen molar-refractivity contribution in [3.63, 3.8) is 0 Å². The van der Waals surface area contributed by atoms with E-state index in [4.69, 9.17) is 9.47 Å². The van der Waals surface area contributed by atoms with Crippen LogP contribution < -0.4 is 21.3 Å². The second kappa shape index (κ2) is 51.5. The van der Waals surface area contributed by atoms with E-state index in [-0.39, 0.29) is 149 Å². The summed E-state index contributed by atoms with van der Waals surface area (Å²) in [7, 11) is 1.80. The van der Waals surface area contributed by atoms with Crippen molar-refractivity contribution in [2.75, 3.05) is 112 Å². The van der Waals surface area contributed by atoms with E-state index in [1.165, 1.54) is 46.2 Å². The second-order valence-corrected chi connectivity index (χ2v) is 45.8. The Morgan fingerprint density at radius 3 is 1.42 bits per heavy atom. The molecular formula is C117H184N12O10. The number of nitrogens with one attached hydrogen (secondary N) is 4. The van der Waals surface area contributed by atoms with Gasteiger partial charge in [0.25, 0.3) is 0 Å². The minimum atomic E-state index is -0.586. The number of unbranched alkanes of at least 4 members (excludes halogenated alkanes) is 1. The molecule has 4 N–H and O–H groups in total. The van der Waals surface area contributed by atoms with E-state index < -0.39 is 29.2 Å². The quantitative estimate of drug-likeness (QED) is 0.0302. The van der Waals surface area contributed by atoms with Crippen LogP contribution in [-0.4, -0.2) is 258 Å². The number of aryl methyl sites for hydroxylation is 2. The lowest BCUT2D eigenvalue weighted by molar-refractivity contribution is -0.146. The minimum absolute atomic E-state index is 0. The van der Waals surface area contributed by atoms with Crippen LogP contribution in [0.15, 0.2) is 109 Å². The molecule has 18 atom stereocenters. The Labute approximate surface area is 838 Å². The van der Waals surface area contributed by atoms with Gasteiger partial charge in [-0.05, 0) is 250 Å². The highest BCUT2D eigenvalue weighted by Gasteiger charge is 2.61. The number of amides is 6. The van der Waals surface area contributed by atoms with Crippen LogP contribution >= 0.6 is 0 Å². The van der Waals surface area contributed by atoms with Gasteiger partial charge in [0.05, 0.1) is 61.3 Å². The molecule has 22 heteroatoms. The van der Waals surface area contributed by atoms with Crippen molar-refractivity contribution in [3.8, 4) is 0 Å². The summed E-state index contributed by atoms with van der Waals surface area (Å²) in [6.45, 7) is 43.5. The highest BCUT2D eigenvalue weighted by Crippen LogP contribution is 2.54. The van der Waals surface area contributed by atoms with Gasteiger partial charge in [-0.15, -0.1) is 0 Å². The van der Waals surface area contributed by atoms with Gasteiger partial charge in [0, 0.05) is 127 Å². The van der Waals surface area contributed by atoms with E-state index in [1.807, 2.05) is 48.5 Å². The zero-order valence-electron chi connectivity index (χ0n) is 88.0. The number of ether oxygens (including phenoxy) is 2. The van der Waals surface area contributed by atoms with Crippen LogP contribution in [0.1, 0.15) is 324 Å². The Balaban J connectivity index is 0.000000247. The standard InChI is InChI=1S/C58H92N6O6.C58H88N6O4.CH4/c1-13-43(6)52(66)60-51(42(4)5)54(68)64-31-27-56(9)36-48(38-62(40-58(56,64)11)29-25-46-22-18-15-19-23-46)70-33-32-69-47-35-55(8)26-30-63(53(67)49(41(2)3)34-50(65)44(7)59-12)57(55,10)39-61(37-47)28-24-45-20-16-14-17-21-45;1-5-41(3)56(66)59-53(45-23-9-7-10-24-45)55(65)52-30-20-37-63(52)40-62(51-34-32-44-22-14-16-29-49(44)51)36-18-17-35-61(50-33-31-43-21-13-15-28-48(43)50)39-47-27-19-38-64(47)58(68)54(46-25-11-8-12-26-46)60-57(67)42(4)6-2;/h14-23,41-44,47-49,51,59H,13,24-40H2,1-12H3,(H,60,66);13-16,21-22,28-29,41-42,45-47,50-54H,5-12,17-20,23-27,30-40H2,1-4H3,(H,59,66)(H,60,67);1H4/t43-,44+,47-,48-,49?,51+,55+,56+,57-,58-;41-,42-,47+,50?,51?,52?,53+,54+;/m11./s1. The molecule has 772 valence electrons. The molecule has 10 aliphatic rings. The first-order valence-electron chi connectivity index (χ1n) is 55.0. The van der Waals surface area contributed by atoms with Gasteiger partial charge in [-0.1, -0.05) is 238 Å². The third-order valence-corrected chi connectivity index (χ3v) is 36.0. The van der Waals surface area contributed by atoms with E-state index in [9.17, 15) is 38.4 Å². The Morgan fingerprint density at radius 2 is 0.935 bits per heavy atom. The molecule has 8 fully saturated rings. The molecule has 22 nitrogen and oxygen atoms in total. The molecule has 139 heavy (non-hydrogen) atoms. The van der Waals surface area contributed by atoms with Gasteiger partial charge in [-0.3, -0.25) is 62.9 Å². The van der Waals surface area contributed by atoms with Crippen molar-refractivity contribution in [2.24, 2.45) is 58.2 Å². The summed E-state index contributed by atoms with van der Waals surface area (Å²) in [5, 5.41) is 12.9. The van der Waals surface area contributed by atoms with Gasteiger partial charge in [0.15, 0.2) is 5.78 Å². The number of hydrogen-bond donors (Lipinski definition) is 4. The molecule has 4 unspecified atom stereocenters. The largest absolute Gasteiger partial charge is 0.374 e. The number of likely N-dealkylation sites (tertiary alicyclic amines) is 6. The van der Waals surface area contributed by atoms with Crippen molar-refractivity contribution < 1.29 is 47.8 Å². The zero-order chi connectivity index (χ0) is 98.6. The molecule has 0 radical (unpaired) electrons. The summed E-state index contributed by atoms with van der Waals surface area (Å²) in [6.07, 6.45) is 28.9. The van der Waals surface area contributed by atoms with E-state index in [2.05, 4.69) is 225 Å². The molecule has 4 aromatic carbocycles. The summed E-state index contributed by atoms with van der Waals surface area (Å²) < 4.78 is 13.9. The number of hydrogen-bond acceptors (Lipinski definition) is 16. The van der Waals surface area contributed by atoms with Crippen molar-refractivity contribution >= 4 is 47.0 Å². The van der Waals surface area contributed by atoms with Gasteiger partial charge in [-0.25, -0.2) is 0 Å². The lowest BCUT2D eigenvalue weighted by atomic mass is 9.69. The number of likely N-dealkylation sites (N-methyl/N-ethyl adjacent to an activating group) is 1. The highest BCUT2D eigenvalue weighted by molar-refractivity contribution is 5.94. The molecule has 6 aliphatic heterocycles. The van der Waals surface area contributed by atoms with Gasteiger partial charge < -0.3 is 45.4 Å². The number of carbonyl (C=O) groups is 8. The molecule has 0 aromatic heterocycles. The van der Waals surface area contributed by atoms with Gasteiger partial charge in [0.1, 0.15) is 17.9 Å². The Morgan fingerprint density at radius 1 is 0.482 bits per heavy atom. The predicted octanol–water partition coefficient (Wildman–Crippen LogP) is 18.3. The average molecular weight is 1920 g/mol. The summed E-state index contributed by atoms with van der Waals surface area (Å²) in [4.78, 5) is 132. The van der Waals surface area contributed by atoms with Gasteiger partial charge in [0.2, 0.25) is 35.4 Å². The minimum Gasteiger partial charge on any atom is -0.374 e. The molecule has 4 aliphatic carbocycles. The lowest BCUT2D eigenvalue weighted by Crippen LogP contribution is -2.62. The molecule has 2 saturated carbocycles. The number of Topliss-reactive ketones (excluding diaryl/α,β-unsaturated/α-hetero) is 2. The first-order chi connectivity index (χ1) is 66.3. The SMILES string of the molecule is C.CC[C@@H](C)C(=O)N[C@H](C(=O)C1CCCN1CN(CCCCN(C[C@@H]1CCCN1C(=O)[C@@H](NC(=O)[C@H](C)CC)C1CCCCC1)C1CCc2ccccc21)C1CCc2ccccc21)C1CCCCC1.CC[C@@H](C)C(=O)N[C@H](C(=O)N1CC[C@@]2(C)C[C@@H](OCCO[C@H]3CN(CCc4ccccc4)C[C@@]4(C)N(C(=O)C(CC(=O)[C@H](C)NC)C(C)C)CC[C@@]4(C)C3)CN(CCc3ccccc3)C[C@@]12C)C(C)C. The Kier molecular flexibility index (Phi) is 40.9. The van der Waals surface area contributed by atoms with E-state index in [0.29, 0.717) is 38.4 Å². The second-order valence-electron chi connectivity index (χ2n) is 45.8. The first kappa shape index (κ1) is 111. The van der Waals surface area contributed by atoms with Crippen molar-refractivity contribution in [1.82, 2.24) is 60.5 Å². The summed E-state index contributed by atoms with van der Waals surface area (Å²) in [6, 6.07) is 38.1. The predicted molar refractivity (Wildman–Crippen MR) is 560 cm³/mol. The van der Waals surface area contributed by atoms with Crippen LogP contribution in [0.5, 0.6) is 0 Å². The number of carbonyl (C=O) groups excluding carboxylic acids is 8. The number of benzene rings is 4. The maximum absolute atomic E-state index is 14.8. The monoisotopic (exact) mass is 1920 g/mol. The molecule has 6 amide bonds. The van der Waals surface area contributed by atoms with E-state index >= 15 is 0 Å². The topological polar surface area (TPSA) is 229 Å². The van der Waals surface area contributed by atoms with Crippen molar-refractivity contribution in [3.05, 3.63) is 143 Å². The first-order valence-corrected chi connectivity index (χ1v) is 55.0. The fourth-order valence-electron chi connectivity index (χ4n) is 25.8. The zero-order valence-corrected chi connectivity index (χ0v) is 88.0. The van der Waals surface area contributed by atoms with E-state index in [0.717, 1.165) is 252 Å². The number of fused-ring (bicyclic) bond motifs is 4. The highest BCUT2D eigenvalue weighted by atomic mass is 16.5. The van der Waals surface area contributed by atoms with Gasteiger partial charge >= 0.3 is 0 Å². The maximum atomic E-state index is 14.8. The van der Waals surface area contributed by atoms with Gasteiger partial charge in [-0.2, -0.15) is 0 Å². The third-order valence-electron chi connectivity index (χ3n) is 36.0. The smallest absolute Gasteiger partial charge is 0.245 e. The van der Waals surface area contributed by atoms with Crippen LogP contribution in [0.25, 0.3) is 0 Å². The maximum Gasteiger partial charge on any atom is 0.245 e. The van der Waals surface area contributed by atoms with Crippen LogP contribution in [0.4, 0.5) is 0 Å². The van der Waals surface area contributed by atoms with Crippen LogP contribution in [0.2, 0.25) is 0 Å². The lowest BCUT2D eigenvalue weighted by Gasteiger charge is -2.47. The molecule has 6 heterocycles. The molecular weight excluding hydrogens is 1730 g/mol. The van der Waals surface area contributed by atoms with Crippen molar-refractivity contribution in [1.29, 1.82) is 0 Å². The fraction of sp³-hybridized carbons (Fsp3) is 0.726. The number of ketones is 2. The summed E-state index contributed by atoms with van der Waals surface area (Å²) in [5.41, 5.74) is 7.04. The summed E-state index contributed by atoms with van der Waals surface area (Å²) >= 11 is 0. The van der Waals surface area contributed by atoms with Crippen LogP contribution in [-0.2, 0) is 73.5 Å². The number of nitrogens with zero attached hydrogens (tertiary/aromatic N) is 8. The Bertz CT molecular complexity index is 4300. The van der Waals surface area contributed by atoms with Crippen molar-refractivity contribution in [2.45, 2.75) is 376 Å². The number of rotatable bonds is 44. The fourth-order valence-corrected chi connectivity index (χ4v) is 25.8. The molecule has 0 spiro atoms. The third kappa shape index (κ3) is 27.1.